The Hall–Kier alpha value is -0.830. The molecule has 0 aromatic carbocycles. The van der Waals surface area contributed by atoms with E-state index in [4.69, 9.17) is 5.73 Å². The second kappa shape index (κ2) is 2.84. The smallest absolute Gasteiger partial charge is 0.0901 e. The number of nitrogens with two attached hydrogens (primary N) is 1. The lowest BCUT2D eigenvalue weighted by molar-refractivity contribution is 1.25. The Labute approximate surface area is 64.4 Å². The number of hydrogen-bond donors (Lipinski definition) is 1. The Morgan fingerprint density at radius 2 is 2.50 bits per heavy atom. The van der Waals surface area contributed by atoms with Crippen molar-refractivity contribution in [2.24, 2.45) is 5.73 Å². The fourth-order valence-electron chi connectivity index (χ4n) is 0.680. The summed E-state index contributed by atoms with van der Waals surface area (Å²) < 4.78 is 0. The van der Waals surface area contributed by atoms with Crippen molar-refractivity contribution in [3.05, 3.63) is 21.8 Å². The molecule has 0 aliphatic rings. The van der Waals surface area contributed by atoms with Crippen LogP contribution in [0.5, 0.6) is 0 Å². The molecule has 0 radical (unpaired) electrons. The van der Waals surface area contributed by atoms with E-state index < -0.39 is 0 Å². The van der Waals surface area contributed by atoms with Crippen LogP contribution in [-0.2, 0) is 0 Å². The molecule has 1 aromatic rings. The Bertz CT molecular complexity index is 246. The zero-order valence-corrected chi connectivity index (χ0v) is 6.90. The lowest BCUT2D eigenvalue weighted by atomic mass is 10.4. The lowest BCUT2D eigenvalue weighted by Crippen LogP contribution is -1.89. The molecule has 1 heterocycles. The molecule has 0 aliphatic heterocycles. The van der Waals surface area contributed by atoms with E-state index in [0.717, 1.165) is 16.4 Å². The summed E-state index contributed by atoms with van der Waals surface area (Å²) in [7, 11) is 0. The molecule has 0 saturated heterocycles. The number of hydrogen-bond acceptors (Lipinski definition) is 3. The van der Waals surface area contributed by atoms with Crippen LogP contribution < -0.4 is 5.73 Å². The first-order valence-electron chi connectivity index (χ1n) is 3.04. The van der Waals surface area contributed by atoms with E-state index in [2.05, 4.69) is 4.98 Å². The number of thiazole rings is 1. The Kier molecular flexibility index (Phi) is 2.06. The van der Waals surface area contributed by atoms with Gasteiger partial charge < -0.3 is 5.73 Å². The molecule has 2 nitrogen and oxygen atoms in total. The minimum atomic E-state index is 0.797. The Balaban J connectivity index is 2.86. The predicted molar refractivity (Wildman–Crippen MR) is 44.7 cm³/mol. The average Bonchev–Trinajstić information content (AvgIpc) is 2.13. The standard InChI is InChI=1S/C7H10N2S/c1-5(8)3-7-4-10-6(2)9-7/h3-4H,8H2,1-2H3/b5-3-. The van der Waals surface area contributed by atoms with Gasteiger partial charge in [-0.25, -0.2) is 4.98 Å². The number of rotatable bonds is 1. The van der Waals surface area contributed by atoms with Crippen LogP contribution in [0.25, 0.3) is 6.08 Å². The highest BCUT2D eigenvalue weighted by Crippen LogP contribution is 2.09. The molecule has 0 amide bonds. The predicted octanol–water partition coefficient (Wildman–Crippen LogP) is 1.77. The van der Waals surface area contributed by atoms with Crippen LogP contribution in [0, 0.1) is 6.92 Å². The van der Waals surface area contributed by atoms with E-state index in [-0.39, 0.29) is 0 Å². The largest absolute Gasteiger partial charge is 0.402 e. The first kappa shape index (κ1) is 7.28. The molecule has 0 bridgehead atoms. The van der Waals surface area contributed by atoms with E-state index in [1.807, 2.05) is 25.3 Å². The van der Waals surface area contributed by atoms with E-state index in [1.165, 1.54) is 0 Å². The Morgan fingerprint density at radius 3 is 2.90 bits per heavy atom. The number of aromatic nitrogens is 1. The van der Waals surface area contributed by atoms with Gasteiger partial charge in [-0.2, -0.15) is 0 Å². The van der Waals surface area contributed by atoms with Crippen LogP contribution in [0.15, 0.2) is 11.1 Å². The van der Waals surface area contributed by atoms with Crippen molar-refractivity contribution < 1.29 is 0 Å². The topological polar surface area (TPSA) is 38.9 Å². The summed E-state index contributed by atoms with van der Waals surface area (Å²) in [6.07, 6.45) is 1.86. The van der Waals surface area contributed by atoms with Gasteiger partial charge in [0.15, 0.2) is 0 Å². The zero-order valence-electron chi connectivity index (χ0n) is 6.09. The van der Waals surface area contributed by atoms with Crippen molar-refractivity contribution in [2.75, 3.05) is 0 Å². The van der Waals surface area contributed by atoms with Crippen molar-refractivity contribution in [3.8, 4) is 0 Å². The van der Waals surface area contributed by atoms with Gasteiger partial charge in [-0.3, -0.25) is 0 Å². The summed E-state index contributed by atoms with van der Waals surface area (Å²) in [5.74, 6) is 0. The molecule has 0 aliphatic carbocycles. The number of allylic oxidation sites excluding steroid dienone is 1. The summed E-state index contributed by atoms with van der Waals surface area (Å²) in [4.78, 5) is 4.21. The highest BCUT2D eigenvalue weighted by molar-refractivity contribution is 7.09. The fourth-order valence-corrected chi connectivity index (χ4v) is 1.25. The zero-order chi connectivity index (χ0) is 7.56. The van der Waals surface area contributed by atoms with Crippen molar-refractivity contribution in [2.45, 2.75) is 13.8 Å². The lowest BCUT2D eigenvalue weighted by Gasteiger charge is -1.85. The summed E-state index contributed by atoms with van der Waals surface area (Å²) in [6.45, 7) is 3.84. The SMILES string of the molecule is C/C(N)=C/c1csc(C)n1. The molecule has 0 atom stereocenters. The van der Waals surface area contributed by atoms with Gasteiger partial charge in [-0.05, 0) is 19.9 Å². The summed E-state index contributed by atoms with van der Waals surface area (Å²) in [5.41, 5.74) is 7.22. The molecule has 0 fully saturated rings. The molecule has 0 unspecified atom stereocenters. The number of nitrogens with zero attached hydrogens (tertiary/aromatic N) is 1. The third-order valence-corrected chi connectivity index (χ3v) is 1.80. The number of aryl methyl sites for hydroxylation is 1. The van der Waals surface area contributed by atoms with Crippen LogP contribution in [0.2, 0.25) is 0 Å². The third-order valence-electron chi connectivity index (χ3n) is 1.01. The minimum absolute atomic E-state index is 0.797. The first-order chi connectivity index (χ1) is 4.68. The van der Waals surface area contributed by atoms with Gasteiger partial charge in [0.1, 0.15) is 0 Å². The summed E-state index contributed by atoms with van der Waals surface area (Å²) >= 11 is 1.64. The minimum Gasteiger partial charge on any atom is -0.402 e. The van der Waals surface area contributed by atoms with Crippen LogP contribution in [-0.4, -0.2) is 4.98 Å². The van der Waals surface area contributed by atoms with Gasteiger partial charge >= 0.3 is 0 Å². The van der Waals surface area contributed by atoms with Crippen LogP contribution in [0.4, 0.5) is 0 Å². The average molecular weight is 154 g/mol. The molecule has 2 N–H and O–H groups in total. The molecule has 54 valence electrons. The maximum Gasteiger partial charge on any atom is 0.0901 e. The second-order valence-electron chi connectivity index (χ2n) is 2.18. The molecular formula is C7H10N2S. The van der Waals surface area contributed by atoms with E-state index >= 15 is 0 Å². The molecule has 0 spiro atoms. The molecule has 0 saturated carbocycles. The quantitative estimate of drug-likeness (QED) is 0.669. The second-order valence-corrected chi connectivity index (χ2v) is 3.24. The van der Waals surface area contributed by atoms with Crippen LogP contribution in [0.3, 0.4) is 0 Å². The fraction of sp³-hybridized carbons (Fsp3) is 0.286. The van der Waals surface area contributed by atoms with E-state index in [0.29, 0.717) is 0 Å². The van der Waals surface area contributed by atoms with Crippen LogP contribution >= 0.6 is 11.3 Å². The maximum atomic E-state index is 5.46. The monoisotopic (exact) mass is 154 g/mol. The van der Waals surface area contributed by atoms with E-state index in [9.17, 15) is 0 Å². The first-order valence-corrected chi connectivity index (χ1v) is 3.92. The maximum absolute atomic E-state index is 5.46. The summed E-state index contributed by atoms with van der Waals surface area (Å²) in [6, 6.07) is 0. The van der Waals surface area contributed by atoms with Gasteiger partial charge in [0, 0.05) is 11.1 Å². The van der Waals surface area contributed by atoms with Crippen molar-refractivity contribution in [3.63, 3.8) is 0 Å². The van der Waals surface area contributed by atoms with Gasteiger partial charge in [0.25, 0.3) is 0 Å². The van der Waals surface area contributed by atoms with Gasteiger partial charge in [0.2, 0.25) is 0 Å². The highest BCUT2D eigenvalue weighted by atomic mass is 32.1. The normalized spacial score (nSPS) is 12.0. The van der Waals surface area contributed by atoms with Crippen molar-refractivity contribution >= 4 is 17.4 Å². The third kappa shape index (κ3) is 1.84. The van der Waals surface area contributed by atoms with Crippen molar-refractivity contribution in [1.82, 2.24) is 4.98 Å². The summed E-state index contributed by atoms with van der Waals surface area (Å²) in [5, 5.41) is 3.07. The van der Waals surface area contributed by atoms with Gasteiger partial charge in [0.05, 0.1) is 10.7 Å². The van der Waals surface area contributed by atoms with Gasteiger partial charge in [-0.15, -0.1) is 11.3 Å². The molecular weight excluding hydrogens is 144 g/mol. The highest BCUT2D eigenvalue weighted by Gasteiger charge is 1.92. The van der Waals surface area contributed by atoms with E-state index in [1.54, 1.807) is 11.3 Å². The molecule has 10 heavy (non-hydrogen) atoms. The van der Waals surface area contributed by atoms with Crippen LogP contribution in [0.1, 0.15) is 17.6 Å². The molecule has 1 rings (SSSR count). The molecule has 3 heteroatoms. The van der Waals surface area contributed by atoms with Gasteiger partial charge in [-0.1, -0.05) is 0 Å². The van der Waals surface area contributed by atoms with Crippen molar-refractivity contribution in [1.29, 1.82) is 0 Å². The Morgan fingerprint density at radius 1 is 1.80 bits per heavy atom. The molecule has 1 aromatic heterocycles.